The number of carbonyl (C=O) groups excluding carboxylic acids is 1. The molecule has 0 saturated heterocycles. The van der Waals surface area contributed by atoms with Crippen molar-refractivity contribution in [3.8, 4) is 5.75 Å². The van der Waals surface area contributed by atoms with Crippen LogP contribution in [0.2, 0.25) is 0 Å². The second kappa shape index (κ2) is 6.04. The minimum Gasteiger partial charge on any atom is -0.497 e. The first kappa shape index (κ1) is 14.5. The van der Waals surface area contributed by atoms with Crippen molar-refractivity contribution in [2.75, 3.05) is 7.11 Å². The fourth-order valence-corrected chi connectivity index (χ4v) is 1.60. The Morgan fingerprint density at radius 2 is 2.00 bits per heavy atom. The van der Waals surface area contributed by atoms with Crippen LogP contribution >= 0.6 is 0 Å². The number of H-pyrrole nitrogens is 1. The van der Waals surface area contributed by atoms with E-state index in [9.17, 15) is 18.8 Å². The number of benzene rings is 1. The first-order valence-corrected chi connectivity index (χ1v) is 5.94. The molecule has 0 saturated carbocycles. The average Bonchev–Trinajstić information content (AvgIpc) is 2.49. The van der Waals surface area contributed by atoms with Crippen molar-refractivity contribution >= 4 is 6.03 Å². The molecule has 0 radical (unpaired) electrons. The molecule has 0 aliphatic heterocycles. The lowest BCUT2D eigenvalue weighted by atomic mass is 10.2. The van der Waals surface area contributed by atoms with Crippen molar-refractivity contribution in [1.82, 2.24) is 14.9 Å². The van der Waals surface area contributed by atoms with Crippen molar-refractivity contribution in [3.05, 3.63) is 62.7 Å². The molecular weight excluding hydrogens is 281 g/mol. The van der Waals surface area contributed by atoms with Gasteiger partial charge >= 0.3 is 11.7 Å². The molecule has 0 aliphatic carbocycles. The molecule has 7 nitrogen and oxygen atoms in total. The number of rotatable bonds is 3. The highest BCUT2D eigenvalue weighted by Gasteiger charge is 2.10. The number of nitrogens with one attached hydrogen (secondary N) is 2. The standard InChI is InChI=1S/C13H12FN3O4/c1-21-9-4-2-8(3-5-9)6-15-12(19)17-7-10(14)11(18)16-13(17)20/h2-5,7H,6H2,1H3,(H,15,19)(H,16,18,20). The lowest BCUT2D eigenvalue weighted by Crippen LogP contribution is -2.40. The van der Waals surface area contributed by atoms with Crippen LogP contribution in [0.25, 0.3) is 0 Å². The summed E-state index contributed by atoms with van der Waals surface area (Å²) in [5.41, 5.74) is -1.41. The Bertz CT molecular complexity index is 764. The van der Waals surface area contributed by atoms with Crippen molar-refractivity contribution in [3.63, 3.8) is 0 Å². The lowest BCUT2D eigenvalue weighted by Gasteiger charge is -2.07. The smallest absolute Gasteiger partial charge is 0.336 e. The summed E-state index contributed by atoms with van der Waals surface area (Å²) in [5, 5.41) is 2.43. The zero-order valence-corrected chi connectivity index (χ0v) is 11.1. The van der Waals surface area contributed by atoms with Crippen LogP contribution in [0.15, 0.2) is 40.1 Å². The lowest BCUT2D eigenvalue weighted by molar-refractivity contribution is 0.240. The Labute approximate surface area is 118 Å². The van der Waals surface area contributed by atoms with Gasteiger partial charge in [-0.2, -0.15) is 4.39 Å². The molecule has 0 atom stereocenters. The third-order valence-electron chi connectivity index (χ3n) is 2.72. The minimum atomic E-state index is -1.21. The summed E-state index contributed by atoms with van der Waals surface area (Å²) in [6, 6.07) is 6.05. The van der Waals surface area contributed by atoms with Gasteiger partial charge in [-0.15, -0.1) is 0 Å². The molecule has 2 aromatic rings. The third-order valence-corrected chi connectivity index (χ3v) is 2.72. The first-order valence-electron chi connectivity index (χ1n) is 5.94. The molecule has 21 heavy (non-hydrogen) atoms. The predicted molar refractivity (Wildman–Crippen MR) is 71.9 cm³/mol. The minimum absolute atomic E-state index is 0.135. The number of aromatic amines is 1. The van der Waals surface area contributed by atoms with E-state index in [0.29, 0.717) is 16.5 Å². The van der Waals surface area contributed by atoms with Gasteiger partial charge < -0.3 is 10.1 Å². The summed E-state index contributed by atoms with van der Waals surface area (Å²) in [6.45, 7) is 0.135. The molecule has 110 valence electrons. The largest absolute Gasteiger partial charge is 0.497 e. The van der Waals surface area contributed by atoms with Crippen molar-refractivity contribution < 1.29 is 13.9 Å². The number of hydrogen-bond acceptors (Lipinski definition) is 4. The van der Waals surface area contributed by atoms with E-state index in [1.54, 1.807) is 29.2 Å². The fourth-order valence-electron chi connectivity index (χ4n) is 1.60. The maximum absolute atomic E-state index is 13.1. The van der Waals surface area contributed by atoms with Crippen LogP contribution < -0.4 is 21.3 Å². The summed E-state index contributed by atoms with van der Waals surface area (Å²) in [4.78, 5) is 35.7. The SMILES string of the molecule is COc1ccc(CNC(=O)n2cc(F)c(=O)[nH]c2=O)cc1. The Kier molecular flexibility index (Phi) is 4.17. The fraction of sp³-hybridized carbons (Fsp3) is 0.154. The second-order valence-corrected chi connectivity index (χ2v) is 4.11. The van der Waals surface area contributed by atoms with Crippen LogP contribution in [0.4, 0.5) is 9.18 Å². The van der Waals surface area contributed by atoms with Gasteiger partial charge in [0, 0.05) is 6.54 Å². The van der Waals surface area contributed by atoms with Gasteiger partial charge in [0.25, 0.3) is 5.56 Å². The normalized spacial score (nSPS) is 10.2. The Balaban J connectivity index is 2.09. The molecule has 1 heterocycles. The van der Waals surface area contributed by atoms with E-state index >= 15 is 0 Å². The van der Waals surface area contributed by atoms with Gasteiger partial charge in [-0.25, -0.2) is 14.2 Å². The van der Waals surface area contributed by atoms with Crippen molar-refractivity contribution in [2.45, 2.75) is 6.54 Å². The first-order chi connectivity index (χ1) is 10.0. The van der Waals surface area contributed by atoms with Crippen LogP contribution in [0.5, 0.6) is 5.75 Å². The van der Waals surface area contributed by atoms with Gasteiger partial charge in [-0.1, -0.05) is 12.1 Å². The van der Waals surface area contributed by atoms with E-state index in [2.05, 4.69) is 5.32 Å². The summed E-state index contributed by atoms with van der Waals surface area (Å²) in [7, 11) is 1.54. The number of ether oxygens (including phenoxy) is 1. The van der Waals surface area contributed by atoms with Gasteiger partial charge in [-0.05, 0) is 17.7 Å². The molecule has 0 fully saturated rings. The van der Waals surface area contributed by atoms with Crippen LogP contribution in [-0.4, -0.2) is 22.7 Å². The predicted octanol–water partition coefficient (Wildman–Crippen LogP) is 0.442. The van der Waals surface area contributed by atoms with E-state index in [4.69, 9.17) is 4.74 Å². The number of methoxy groups -OCH3 is 1. The molecule has 1 aromatic carbocycles. The van der Waals surface area contributed by atoms with Crippen molar-refractivity contribution in [2.24, 2.45) is 0 Å². The monoisotopic (exact) mass is 293 g/mol. The van der Waals surface area contributed by atoms with E-state index in [-0.39, 0.29) is 6.54 Å². The van der Waals surface area contributed by atoms with Gasteiger partial charge in [0.2, 0.25) is 5.82 Å². The van der Waals surface area contributed by atoms with Crippen LogP contribution in [0.3, 0.4) is 0 Å². The quantitative estimate of drug-likeness (QED) is 0.859. The zero-order chi connectivity index (χ0) is 15.4. The van der Waals surface area contributed by atoms with Crippen molar-refractivity contribution in [1.29, 1.82) is 0 Å². The van der Waals surface area contributed by atoms with Crippen LogP contribution in [0, 0.1) is 5.82 Å². The summed E-state index contributed by atoms with van der Waals surface area (Å²) >= 11 is 0. The van der Waals surface area contributed by atoms with Crippen LogP contribution in [0.1, 0.15) is 5.56 Å². The third kappa shape index (κ3) is 3.35. The molecular formula is C13H12FN3O4. The Hall–Kier alpha value is -2.90. The highest BCUT2D eigenvalue weighted by Crippen LogP contribution is 2.10. The molecule has 0 bridgehead atoms. The molecule has 8 heteroatoms. The van der Waals surface area contributed by atoms with E-state index in [1.807, 2.05) is 0 Å². The molecule has 0 unspecified atom stereocenters. The zero-order valence-electron chi connectivity index (χ0n) is 11.1. The number of hydrogen-bond donors (Lipinski definition) is 2. The summed E-state index contributed by atoms with van der Waals surface area (Å²) < 4.78 is 18.5. The number of nitrogens with zero attached hydrogens (tertiary/aromatic N) is 1. The van der Waals surface area contributed by atoms with E-state index in [0.717, 1.165) is 5.56 Å². The Morgan fingerprint density at radius 3 is 2.62 bits per heavy atom. The number of carbonyl (C=O) groups is 1. The maximum Gasteiger partial charge on any atom is 0.336 e. The average molecular weight is 293 g/mol. The number of halogens is 1. The molecule has 0 aliphatic rings. The number of aromatic nitrogens is 2. The summed E-state index contributed by atoms with van der Waals surface area (Å²) in [5.74, 6) is -0.543. The molecule has 2 rings (SSSR count). The molecule has 2 N–H and O–H groups in total. The van der Waals surface area contributed by atoms with Gasteiger partial charge in [0.1, 0.15) is 5.75 Å². The van der Waals surface area contributed by atoms with Gasteiger partial charge in [-0.3, -0.25) is 9.78 Å². The van der Waals surface area contributed by atoms with E-state index in [1.165, 1.54) is 7.11 Å². The highest BCUT2D eigenvalue weighted by molar-refractivity contribution is 5.76. The maximum atomic E-state index is 13.1. The van der Waals surface area contributed by atoms with Crippen LogP contribution in [-0.2, 0) is 6.54 Å². The van der Waals surface area contributed by atoms with Gasteiger partial charge in [0.05, 0.1) is 13.3 Å². The number of amides is 1. The summed E-state index contributed by atoms with van der Waals surface area (Å²) in [6.07, 6.45) is 0.546. The molecule has 1 amide bonds. The van der Waals surface area contributed by atoms with Gasteiger partial charge in [0.15, 0.2) is 0 Å². The second-order valence-electron chi connectivity index (χ2n) is 4.11. The molecule has 1 aromatic heterocycles. The van der Waals surface area contributed by atoms with E-state index < -0.39 is 23.1 Å². The Morgan fingerprint density at radius 1 is 1.33 bits per heavy atom. The molecule has 0 spiro atoms. The topological polar surface area (TPSA) is 93.2 Å². The highest BCUT2D eigenvalue weighted by atomic mass is 19.1.